The number of rotatable bonds is 5. The fourth-order valence-electron chi connectivity index (χ4n) is 2.07. The molecule has 0 aliphatic heterocycles. The first kappa shape index (κ1) is 13.5. The summed E-state index contributed by atoms with van der Waals surface area (Å²) in [5.74, 6) is -0.342. The molecule has 0 radical (unpaired) electrons. The normalized spacial score (nSPS) is 13.8. The largest absolute Gasteiger partial charge is 0.388 e. The molecular formula is C17H18O2. The average molecular weight is 254 g/mol. The van der Waals surface area contributed by atoms with Gasteiger partial charge in [0.15, 0.2) is 0 Å². The van der Waals surface area contributed by atoms with Gasteiger partial charge in [-0.25, -0.2) is 0 Å². The van der Waals surface area contributed by atoms with Gasteiger partial charge < -0.3 is 5.11 Å². The van der Waals surface area contributed by atoms with Gasteiger partial charge >= 0.3 is 0 Å². The molecule has 19 heavy (non-hydrogen) atoms. The lowest BCUT2D eigenvalue weighted by Gasteiger charge is -2.18. The molecule has 2 nitrogen and oxygen atoms in total. The first-order valence-corrected chi connectivity index (χ1v) is 6.48. The van der Waals surface area contributed by atoms with Crippen molar-refractivity contribution in [2.24, 2.45) is 5.92 Å². The van der Waals surface area contributed by atoms with Crippen molar-refractivity contribution >= 4 is 5.78 Å². The third-order valence-electron chi connectivity index (χ3n) is 3.34. The number of carbonyl (C=O) groups is 1. The Morgan fingerprint density at radius 1 is 1.00 bits per heavy atom. The smallest absolute Gasteiger partial charge is 0.142 e. The Balaban J connectivity index is 2.03. The topological polar surface area (TPSA) is 37.3 Å². The summed E-state index contributed by atoms with van der Waals surface area (Å²) < 4.78 is 0. The summed E-state index contributed by atoms with van der Waals surface area (Å²) in [6.07, 6.45) is -0.372. The quantitative estimate of drug-likeness (QED) is 0.889. The highest BCUT2D eigenvalue weighted by molar-refractivity contribution is 5.83. The molecule has 0 bridgehead atoms. The third-order valence-corrected chi connectivity index (χ3v) is 3.34. The van der Waals surface area contributed by atoms with Gasteiger partial charge in [0.05, 0.1) is 6.10 Å². The van der Waals surface area contributed by atoms with E-state index in [9.17, 15) is 9.90 Å². The van der Waals surface area contributed by atoms with Crippen molar-refractivity contribution in [3.05, 3.63) is 71.8 Å². The highest BCUT2D eigenvalue weighted by atomic mass is 16.3. The van der Waals surface area contributed by atoms with E-state index in [1.807, 2.05) is 60.7 Å². The summed E-state index contributed by atoms with van der Waals surface area (Å²) in [5.41, 5.74) is 1.77. The van der Waals surface area contributed by atoms with Gasteiger partial charge in [-0.1, -0.05) is 67.6 Å². The summed E-state index contributed by atoms with van der Waals surface area (Å²) >= 11 is 0. The van der Waals surface area contributed by atoms with Crippen LogP contribution in [0.5, 0.6) is 0 Å². The van der Waals surface area contributed by atoms with Crippen molar-refractivity contribution in [2.75, 3.05) is 0 Å². The molecule has 0 amide bonds. The predicted octanol–water partition coefficient (Wildman–Crippen LogP) is 3.17. The number of hydrogen-bond donors (Lipinski definition) is 1. The molecule has 0 aliphatic carbocycles. The number of aliphatic hydroxyl groups is 1. The summed E-state index contributed by atoms with van der Waals surface area (Å²) in [4.78, 5) is 12.2. The van der Waals surface area contributed by atoms with Crippen LogP contribution in [0.25, 0.3) is 0 Å². The van der Waals surface area contributed by atoms with Crippen LogP contribution < -0.4 is 0 Å². The first-order valence-electron chi connectivity index (χ1n) is 6.48. The first-order chi connectivity index (χ1) is 9.18. The molecule has 2 atom stereocenters. The Bertz CT molecular complexity index is 519. The van der Waals surface area contributed by atoms with E-state index in [0.717, 1.165) is 11.1 Å². The molecule has 0 aromatic heterocycles. The van der Waals surface area contributed by atoms with Crippen molar-refractivity contribution in [3.63, 3.8) is 0 Å². The van der Waals surface area contributed by atoms with Gasteiger partial charge in [-0.3, -0.25) is 4.79 Å². The van der Waals surface area contributed by atoms with Crippen molar-refractivity contribution in [1.29, 1.82) is 0 Å². The standard InChI is InChI=1S/C17H18O2/c1-13(17(19)15-10-6-3-7-11-15)16(18)12-14-8-4-2-5-9-14/h2-11,13,17,19H,12H2,1H3/t13-,17-/m1/s1. The second-order valence-electron chi connectivity index (χ2n) is 4.77. The highest BCUT2D eigenvalue weighted by Crippen LogP contribution is 2.23. The van der Waals surface area contributed by atoms with Crippen LogP contribution in [0.3, 0.4) is 0 Å². The molecule has 2 aromatic rings. The van der Waals surface area contributed by atoms with Crippen molar-refractivity contribution in [3.8, 4) is 0 Å². The summed E-state index contributed by atoms with van der Waals surface area (Å²) in [6.45, 7) is 1.78. The molecule has 0 spiro atoms. The van der Waals surface area contributed by atoms with Gasteiger partial charge in [0.25, 0.3) is 0 Å². The van der Waals surface area contributed by atoms with Gasteiger partial charge in [0, 0.05) is 12.3 Å². The van der Waals surface area contributed by atoms with Crippen molar-refractivity contribution in [1.82, 2.24) is 0 Å². The fraction of sp³-hybridized carbons (Fsp3) is 0.235. The molecule has 0 saturated heterocycles. The van der Waals surface area contributed by atoms with Crippen molar-refractivity contribution < 1.29 is 9.90 Å². The van der Waals surface area contributed by atoms with Gasteiger partial charge in [-0.05, 0) is 11.1 Å². The average Bonchev–Trinajstić information content (AvgIpc) is 2.47. The van der Waals surface area contributed by atoms with E-state index >= 15 is 0 Å². The second-order valence-corrected chi connectivity index (χ2v) is 4.77. The van der Waals surface area contributed by atoms with Crippen LogP contribution in [0.2, 0.25) is 0 Å². The van der Waals surface area contributed by atoms with Gasteiger partial charge in [0.1, 0.15) is 5.78 Å². The number of hydrogen-bond acceptors (Lipinski definition) is 2. The fourth-order valence-corrected chi connectivity index (χ4v) is 2.07. The van der Waals surface area contributed by atoms with E-state index < -0.39 is 12.0 Å². The van der Waals surface area contributed by atoms with Crippen LogP contribution in [-0.4, -0.2) is 10.9 Å². The third kappa shape index (κ3) is 3.52. The zero-order chi connectivity index (χ0) is 13.7. The van der Waals surface area contributed by atoms with Crippen LogP contribution in [-0.2, 0) is 11.2 Å². The Hall–Kier alpha value is -1.93. The maximum Gasteiger partial charge on any atom is 0.142 e. The Kier molecular flexibility index (Phi) is 4.48. The maximum atomic E-state index is 12.2. The van der Waals surface area contributed by atoms with Crippen LogP contribution in [0, 0.1) is 5.92 Å². The minimum Gasteiger partial charge on any atom is -0.388 e. The highest BCUT2D eigenvalue weighted by Gasteiger charge is 2.23. The van der Waals surface area contributed by atoms with Crippen LogP contribution in [0.4, 0.5) is 0 Å². The van der Waals surface area contributed by atoms with Crippen LogP contribution >= 0.6 is 0 Å². The summed E-state index contributed by atoms with van der Waals surface area (Å²) in [6, 6.07) is 18.9. The Labute approximate surface area is 113 Å². The predicted molar refractivity (Wildman–Crippen MR) is 75.7 cm³/mol. The lowest BCUT2D eigenvalue weighted by molar-refractivity contribution is -0.125. The zero-order valence-corrected chi connectivity index (χ0v) is 11.0. The lowest BCUT2D eigenvalue weighted by atomic mass is 9.90. The van der Waals surface area contributed by atoms with Gasteiger partial charge in [-0.15, -0.1) is 0 Å². The van der Waals surface area contributed by atoms with E-state index in [4.69, 9.17) is 0 Å². The molecule has 0 aliphatic rings. The molecular weight excluding hydrogens is 236 g/mol. The second kappa shape index (κ2) is 6.30. The number of Topliss-reactive ketones (excluding diaryl/α,β-unsaturated/α-hetero) is 1. The number of aliphatic hydroxyl groups excluding tert-OH is 1. The molecule has 0 saturated carbocycles. The van der Waals surface area contributed by atoms with Gasteiger partial charge in [0.2, 0.25) is 0 Å². The van der Waals surface area contributed by atoms with E-state index in [-0.39, 0.29) is 5.78 Å². The number of carbonyl (C=O) groups excluding carboxylic acids is 1. The zero-order valence-electron chi connectivity index (χ0n) is 11.0. The van der Waals surface area contributed by atoms with Gasteiger partial charge in [-0.2, -0.15) is 0 Å². The molecule has 2 rings (SSSR count). The SMILES string of the molecule is C[C@H](C(=O)Cc1ccccc1)[C@@H](O)c1ccccc1. The lowest BCUT2D eigenvalue weighted by Crippen LogP contribution is -2.21. The molecule has 2 heteroatoms. The minimum absolute atomic E-state index is 0.0579. The molecule has 0 unspecified atom stereocenters. The number of ketones is 1. The van der Waals surface area contributed by atoms with E-state index in [0.29, 0.717) is 6.42 Å². The van der Waals surface area contributed by atoms with E-state index in [1.54, 1.807) is 6.92 Å². The molecule has 2 aromatic carbocycles. The van der Waals surface area contributed by atoms with Crippen molar-refractivity contribution in [2.45, 2.75) is 19.4 Å². The summed E-state index contributed by atoms with van der Waals surface area (Å²) in [7, 11) is 0. The molecule has 1 N–H and O–H groups in total. The summed E-state index contributed by atoms with van der Waals surface area (Å²) in [5, 5.41) is 10.2. The van der Waals surface area contributed by atoms with E-state index in [2.05, 4.69) is 0 Å². The molecule has 0 heterocycles. The maximum absolute atomic E-state index is 12.2. The Morgan fingerprint density at radius 3 is 2.11 bits per heavy atom. The Morgan fingerprint density at radius 2 is 1.53 bits per heavy atom. The van der Waals surface area contributed by atoms with Crippen LogP contribution in [0.1, 0.15) is 24.2 Å². The van der Waals surface area contributed by atoms with Crippen LogP contribution in [0.15, 0.2) is 60.7 Å². The molecule has 98 valence electrons. The number of benzene rings is 2. The van der Waals surface area contributed by atoms with E-state index in [1.165, 1.54) is 0 Å². The molecule has 0 fully saturated rings. The minimum atomic E-state index is -0.739. The monoisotopic (exact) mass is 254 g/mol.